The molecule has 0 radical (unpaired) electrons. The number of nitrogens with zero attached hydrogens (tertiary/aromatic N) is 5. The van der Waals surface area contributed by atoms with Crippen molar-refractivity contribution in [3.63, 3.8) is 0 Å². The third-order valence-corrected chi connectivity index (χ3v) is 3.57. The van der Waals surface area contributed by atoms with Gasteiger partial charge in [-0.15, -0.1) is 0 Å². The summed E-state index contributed by atoms with van der Waals surface area (Å²) in [6, 6.07) is 5.58. The average molecular weight is 363 g/mol. The summed E-state index contributed by atoms with van der Waals surface area (Å²) in [4.78, 5) is 11.9. The van der Waals surface area contributed by atoms with Gasteiger partial charge in [-0.25, -0.2) is 4.98 Å². The smallest absolute Gasteiger partial charge is 0.372 e. The predicted molar refractivity (Wildman–Crippen MR) is 90.2 cm³/mol. The molecule has 0 amide bonds. The number of aryl methyl sites for hydroxylation is 1. The van der Waals surface area contributed by atoms with E-state index in [0.717, 1.165) is 11.9 Å². The van der Waals surface area contributed by atoms with Crippen LogP contribution in [0.1, 0.15) is 17.0 Å². The normalized spacial score (nSPS) is 11.4. The largest absolute Gasteiger partial charge is 0.421 e. The quantitative estimate of drug-likeness (QED) is 0.724. The molecule has 0 aliphatic carbocycles. The van der Waals surface area contributed by atoms with Crippen molar-refractivity contribution in [1.29, 1.82) is 0 Å². The Morgan fingerprint density at radius 3 is 2.65 bits per heavy atom. The van der Waals surface area contributed by atoms with E-state index in [1.165, 1.54) is 7.05 Å². The molecule has 3 aromatic heterocycles. The Kier molecular flexibility index (Phi) is 4.74. The average Bonchev–Trinajstić information content (AvgIpc) is 2.93. The van der Waals surface area contributed by atoms with Crippen molar-refractivity contribution in [2.24, 2.45) is 0 Å². The van der Waals surface area contributed by atoms with Crippen molar-refractivity contribution in [3.8, 4) is 0 Å². The van der Waals surface area contributed by atoms with Gasteiger partial charge in [0.2, 0.25) is 5.95 Å². The van der Waals surface area contributed by atoms with E-state index in [1.807, 2.05) is 18.2 Å². The lowest BCUT2D eigenvalue weighted by Gasteiger charge is -2.12. The second-order valence-corrected chi connectivity index (χ2v) is 5.48. The number of pyridine rings is 1. The minimum atomic E-state index is -4.53. The molecule has 0 aliphatic rings. The number of anilines is 3. The molecule has 3 rings (SSSR count). The number of nitrogens with one attached hydrogen (secondary N) is 2. The second-order valence-electron chi connectivity index (χ2n) is 5.48. The zero-order valence-electron chi connectivity index (χ0n) is 14.0. The van der Waals surface area contributed by atoms with E-state index in [1.54, 1.807) is 24.0 Å². The summed E-state index contributed by atoms with van der Waals surface area (Å²) >= 11 is 0. The van der Waals surface area contributed by atoms with Crippen molar-refractivity contribution in [2.45, 2.75) is 19.6 Å². The molecule has 0 saturated heterocycles. The number of hydrogen-bond donors (Lipinski definition) is 2. The molecule has 136 valence electrons. The topological polar surface area (TPSA) is 80.5 Å². The van der Waals surface area contributed by atoms with E-state index in [0.29, 0.717) is 17.9 Å². The van der Waals surface area contributed by atoms with Crippen LogP contribution in [-0.2, 0) is 12.7 Å². The van der Waals surface area contributed by atoms with E-state index in [4.69, 9.17) is 0 Å². The number of aromatic nitrogens is 5. The maximum absolute atomic E-state index is 12.9. The van der Waals surface area contributed by atoms with Crippen molar-refractivity contribution in [1.82, 2.24) is 24.7 Å². The molecule has 0 aromatic carbocycles. The molecule has 2 N–H and O–H groups in total. The van der Waals surface area contributed by atoms with Crippen molar-refractivity contribution in [3.05, 3.63) is 53.7 Å². The van der Waals surface area contributed by atoms with Gasteiger partial charge in [-0.05, 0) is 19.1 Å². The first kappa shape index (κ1) is 17.6. The maximum atomic E-state index is 12.9. The number of alkyl halides is 3. The van der Waals surface area contributed by atoms with Gasteiger partial charge >= 0.3 is 6.18 Å². The third-order valence-electron chi connectivity index (χ3n) is 3.57. The molecule has 26 heavy (non-hydrogen) atoms. The maximum Gasteiger partial charge on any atom is 0.421 e. The summed E-state index contributed by atoms with van der Waals surface area (Å²) in [5.74, 6) is -0.253. The van der Waals surface area contributed by atoms with Crippen LogP contribution >= 0.6 is 0 Å². The summed E-state index contributed by atoms with van der Waals surface area (Å²) < 4.78 is 40.4. The fraction of sp³-hybridized carbons (Fsp3) is 0.250. The molecular weight excluding hydrogens is 347 g/mol. The molecule has 0 aliphatic heterocycles. The van der Waals surface area contributed by atoms with Gasteiger partial charge in [0.05, 0.1) is 23.6 Å². The molecular formula is C16H16F3N7. The highest BCUT2D eigenvalue weighted by Gasteiger charge is 2.35. The Hall–Kier alpha value is -3.17. The lowest BCUT2D eigenvalue weighted by atomic mass is 10.3. The lowest BCUT2D eigenvalue weighted by molar-refractivity contribution is -0.137. The SMILES string of the molecule is CNc1nc(Nc2cn(Cc3ccccn3)nc2C)ncc1C(F)(F)F. The summed E-state index contributed by atoms with van der Waals surface area (Å²) in [7, 11) is 1.37. The van der Waals surface area contributed by atoms with Crippen LogP contribution in [0.5, 0.6) is 0 Å². The molecule has 0 bridgehead atoms. The molecule has 0 fully saturated rings. The zero-order valence-corrected chi connectivity index (χ0v) is 14.0. The zero-order chi connectivity index (χ0) is 18.7. The molecule has 3 heterocycles. The Morgan fingerprint density at radius 2 is 2.00 bits per heavy atom. The molecule has 3 aromatic rings. The number of halogens is 3. The van der Waals surface area contributed by atoms with Crippen molar-refractivity contribution < 1.29 is 13.2 Å². The van der Waals surface area contributed by atoms with E-state index >= 15 is 0 Å². The predicted octanol–water partition coefficient (Wildman–Crippen LogP) is 3.23. The summed E-state index contributed by atoms with van der Waals surface area (Å²) in [5, 5.41) is 9.70. The highest BCUT2D eigenvalue weighted by atomic mass is 19.4. The second kappa shape index (κ2) is 6.98. The van der Waals surface area contributed by atoms with Crippen molar-refractivity contribution in [2.75, 3.05) is 17.7 Å². The summed E-state index contributed by atoms with van der Waals surface area (Å²) in [6.07, 6.45) is -0.362. The van der Waals surface area contributed by atoms with Gasteiger partial charge in [0.1, 0.15) is 11.4 Å². The Labute approximate surface area is 147 Å². The fourth-order valence-corrected chi connectivity index (χ4v) is 2.34. The van der Waals surface area contributed by atoms with Gasteiger partial charge in [0.15, 0.2) is 0 Å². The number of hydrogen-bond acceptors (Lipinski definition) is 6. The van der Waals surface area contributed by atoms with Crippen LogP contribution in [0.3, 0.4) is 0 Å². The van der Waals surface area contributed by atoms with Gasteiger partial charge in [0.25, 0.3) is 0 Å². The first-order valence-electron chi connectivity index (χ1n) is 7.70. The fourth-order valence-electron chi connectivity index (χ4n) is 2.34. The highest BCUT2D eigenvalue weighted by Crippen LogP contribution is 2.33. The van der Waals surface area contributed by atoms with E-state index < -0.39 is 11.7 Å². The lowest BCUT2D eigenvalue weighted by Crippen LogP contribution is -2.12. The van der Waals surface area contributed by atoms with Gasteiger partial charge in [-0.3, -0.25) is 9.67 Å². The molecule has 0 atom stereocenters. The van der Waals surface area contributed by atoms with Crippen LogP contribution in [0, 0.1) is 6.92 Å². The standard InChI is InChI=1S/C16H16F3N7/c1-10-13(9-26(25-10)8-11-5-3-4-6-21-11)23-15-22-7-12(16(17,18)19)14(20-2)24-15/h3-7,9H,8H2,1-2H3,(H2,20,22,23,24). The molecule has 0 spiro atoms. The van der Waals surface area contributed by atoms with Crippen LogP contribution < -0.4 is 10.6 Å². The van der Waals surface area contributed by atoms with Gasteiger partial charge in [-0.1, -0.05) is 6.07 Å². The Bertz CT molecular complexity index is 891. The van der Waals surface area contributed by atoms with E-state index in [2.05, 4.69) is 30.7 Å². The van der Waals surface area contributed by atoms with Gasteiger partial charge < -0.3 is 10.6 Å². The van der Waals surface area contributed by atoms with Crippen LogP contribution in [-0.4, -0.2) is 31.8 Å². The summed E-state index contributed by atoms with van der Waals surface area (Å²) in [6.45, 7) is 2.25. The van der Waals surface area contributed by atoms with Crippen LogP contribution in [0.25, 0.3) is 0 Å². The van der Waals surface area contributed by atoms with Crippen LogP contribution in [0.2, 0.25) is 0 Å². The van der Waals surface area contributed by atoms with E-state index in [9.17, 15) is 13.2 Å². The third kappa shape index (κ3) is 3.90. The Morgan fingerprint density at radius 1 is 1.19 bits per heavy atom. The molecule has 0 saturated carbocycles. The minimum Gasteiger partial charge on any atom is -0.372 e. The van der Waals surface area contributed by atoms with Gasteiger partial charge in [0, 0.05) is 25.6 Å². The molecule has 0 unspecified atom stereocenters. The monoisotopic (exact) mass is 363 g/mol. The van der Waals surface area contributed by atoms with Crippen LogP contribution in [0.4, 0.5) is 30.6 Å². The minimum absolute atomic E-state index is 0.0443. The first-order valence-corrected chi connectivity index (χ1v) is 7.70. The highest BCUT2D eigenvalue weighted by molar-refractivity contribution is 5.57. The summed E-state index contributed by atoms with van der Waals surface area (Å²) in [5.41, 5.74) is 1.18. The first-order chi connectivity index (χ1) is 12.4. The Balaban J connectivity index is 1.81. The molecule has 10 heteroatoms. The van der Waals surface area contributed by atoms with Crippen LogP contribution in [0.15, 0.2) is 36.8 Å². The van der Waals surface area contributed by atoms with E-state index in [-0.39, 0.29) is 11.8 Å². The number of rotatable bonds is 5. The molecule has 7 nitrogen and oxygen atoms in total. The van der Waals surface area contributed by atoms with Crippen molar-refractivity contribution >= 4 is 17.5 Å². The van der Waals surface area contributed by atoms with Gasteiger partial charge in [-0.2, -0.15) is 23.3 Å².